The van der Waals surface area contributed by atoms with Crippen molar-refractivity contribution in [2.45, 2.75) is 58.6 Å². The lowest BCUT2D eigenvalue weighted by atomic mass is 9.71. The van der Waals surface area contributed by atoms with Crippen LogP contribution in [0.4, 0.5) is 16.2 Å². The van der Waals surface area contributed by atoms with Gasteiger partial charge in [-0.25, -0.2) is 9.78 Å². The third-order valence-electron chi connectivity index (χ3n) is 8.54. The van der Waals surface area contributed by atoms with Gasteiger partial charge in [0.2, 0.25) is 5.88 Å². The number of hydrogen-bond acceptors (Lipinski definition) is 6. The largest absolute Gasteiger partial charge is 0.466 e. The first-order chi connectivity index (χ1) is 20.6. The van der Waals surface area contributed by atoms with E-state index in [1.54, 1.807) is 23.4 Å². The average Bonchev–Trinajstić information content (AvgIpc) is 2.99. The molecule has 0 radical (unpaired) electrons. The van der Waals surface area contributed by atoms with Crippen LogP contribution in [0.15, 0.2) is 85.2 Å². The van der Waals surface area contributed by atoms with Gasteiger partial charge < -0.3 is 14.8 Å². The molecule has 2 amide bonds. The molecule has 3 heterocycles. The summed E-state index contributed by atoms with van der Waals surface area (Å²) in [6.45, 7) is 7.98. The highest BCUT2D eigenvalue weighted by atomic mass is 16.6. The second-order valence-corrected chi connectivity index (χ2v) is 12.4. The van der Waals surface area contributed by atoms with E-state index < -0.39 is 11.6 Å². The molecule has 2 aromatic heterocycles. The van der Waals surface area contributed by atoms with E-state index in [1.165, 1.54) is 0 Å². The van der Waals surface area contributed by atoms with Crippen molar-refractivity contribution in [3.05, 3.63) is 90.8 Å². The average molecular weight is 577 g/mol. The molecule has 2 aliphatic rings. The van der Waals surface area contributed by atoms with E-state index in [-0.39, 0.29) is 24.0 Å². The summed E-state index contributed by atoms with van der Waals surface area (Å²) in [5, 5.41) is 3.17. The van der Waals surface area contributed by atoms with Crippen LogP contribution >= 0.6 is 0 Å². The van der Waals surface area contributed by atoms with Crippen LogP contribution in [0.1, 0.15) is 52.5 Å². The fraction of sp³-hybridized carbons (Fsp3) is 0.314. The maximum absolute atomic E-state index is 13.0. The van der Waals surface area contributed by atoms with Crippen molar-refractivity contribution in [1.82, 2.24) is 15.3 Å². The molecule has 1 saturated carbocycles. The number of fused-ring (bicyclic) bond motifs is 1. The summed E-state index contributed by atoms with van der Waals surface area (Å²) in [4.78, 5) is 36.7. The van der Waals surface area contributed by atoms with E-state index in [1.807, 2.05) is 61.5 Å². The number of aromatic nitrogens is 2. The summed E-state index contributed by atoms with van der Waals surface area (Å²) in [7, 11) is 0. The first kappa shape index (κ1) is 28.4. The smallest absolute Gasteiger partial charge is 0.408 e. The molecule has 0 spiro atoms. The Morgan fingerprint density at radius 3 is 2.40 bits per heavy atom. The van der Waals surface area contributed by atoms with Crippen LogP contribution in [-0.4, -0.2) is 34.7 Å². The van der Waals surface area contributed by atoms with Crippen LogP contribution in [0.5, 0.6) is 5.88 Å². The van der Waals surface area contributed by atoms with Crippen LogP contribution in [-0.2, 0) is 15.1 Å². The van der Waals surface area contributed by atoms with Crippen LogP contribution < -0.4 is 15.0 Å². The number of hydrogen-bond donors (Lipinski definition) is 1. The highest BCUT2D eigenvalue weighted by molar-refractivity contribution is 6.05. The number of anilines is 2. The predicted octanol–water partition coefficient (Wildman–Crippen LogP) is 7.41. The molecule has 1 unspecified atom stereocenters. The van der Waals surface area contributed by atoms with Gasteiger partial charge in [-0.15, -0.1) is 0 Å². The summed E-state index contributed by atoms with van der Waals surface area (Å²) in [6, 6.07) is 23.8. The summed E-state index contributed by atoms with van der Waals surface area (Å²) in [6.07, 6.45) is 5.46. The zero-order valence-corrected chi connectivity index (χ0v) is 25.0. The van der Waals surface area contributed by atoms with E-state index in [0.717, 1.165) is 47.2 Å². The van der Waals surface area contributed by atoms with Crippen molar-refractivity contribution < 1.29 is 19.1 Å². The summed E-state index contributed by atoms with van der Waals surface area (Å²) >= 11 is 0. The first-order valence-corrected chi connectivity index (χ1v) is 14.7. The number of nitrogens with zero attached hydrogens (tertiary/aromatic N) is 3. The van der Waals surface area contributed by atoms with Crippen molar-refractivity contribution in [2.75, 3.05) is 11.5 Å². The van der Waals surface area contributed by atoms with E-state index >= 15 is 0 Å². The number of rotatable bonds is 6. The molecule has 6 rings (SSSR count). The molecule has 1 fully saturated rings. The van der Waals surface area contributed by atoms with Crippen molar-refractivity contribution in [1.29, 1.82) is 0 Å². The van der Waals surface area contributed by atoms with Crippen LogP contribution in [0.2, 0.25) is 0 Å². The zero-order chi connectivity index (χ0) is 30.2. The fourth-order valence-electron chi connectivity index (χ4n) is 5.43. The quantitative estimate of drug-likeness (QED) is 0.257. The zero-order valence-electron chi connectivity index (χ0n) is 25.0. The number of carbonyl (C=O) groups is 2. The lowest BCUT2D eigenvalue weighted by Crippen LogP contribution is -2.52. The van der Waals surface area contributed by atoms with Gasteiger partial charge in [-0.3, -0.25) is 14.7 Å². The number of pyridine rings is 2. The van der Waals surface area contributed by atoms with Crippen LogP contribution in [0, 0.1) is 5.41 Å². The van der Waals surface area contributed by atoms with E-state index in [2.05, 4.69) is 43.2 Å². The number of ether oxygens (including phenoxy) is 2. The first-order valence-electron chi connectivity index (χ1n) is 14.7. The maximum Gasteiger partial charge on any atom is 0.408 e. The fourth-order valence-corrected chi connectivity index (χ4v) is 5.43. The van der Waals surface area contributed by atoms with Gasteiger partial charge in [0, 0.05) is 17.3 Å². The lowest BCUT2D eigenvalue weighted by Gasteiger charge is -2.43. The lowest BCUT2D eigenvalue weighted by molar-refractivity contribution is -0.120. The van der Waals surface area contributed by atoms with E-state index in [0.29, 0.717) is 17.3 Å². The molecule has 1 atom stereocenters. The van der Waals surface area contributed by atoms with Gasteiger partial charge in [0.15, 0.2) is 6.61 Å². The van der Waals surface area contributed by atoms with Crippen molar-refractivity contribution in [3.8, 4) is 28.3 Å². The molecule has 0 bridgehead atoms. The molecular weight excluding hydrogens is 540 g/mol. The van der Waals surface area contributed by atoms with Gasteiger partial charge in [0.05, 0.1) is 23.1 Å². The Kier molecular flexibility index (Phi) is 7.38. The standard InChI is InChI=1S/C35H36N4O4/c1-23(34(2,3)4)43-33(41)38-35(17-9-18-35)26-15-13-25(14-16-26)31-28(24-10-6-5-7-11-24)20-29-32(37-31)42-22-30(40)39(29)27-12-8-19-36-21-27/h5-8,10-16,19-21,23H,9,17-18,22H2,1-4H3,(H,38,41). The molecule has 0 saturated heterocycles. The molecule has 8 nitrogen and oxygen atoms in total. The predicted molar refractivity (Wildman–Crippen MR) is 166 cm³/mol. The van der Waals surface area contributed by atoms with Gasteiger partial charge in [-0.1, -0.05) is 75.4 Å². The molecule has 1 aliphatic heterocycles. The minimum Gasteiger partial charge on any atom is -0.466 e. The Morgan fingerprint density at radius 1 is 1.02 bits per heavy atom. The van der Waals surface area contributed by atoms with Gasteiger partial charge >= 0.3 is 6.09 Å². The molecular formula is C35H36N4O4. The number of alkyl carbamates (subject to hydrolysis) is 1. The van der Waals surface area contributed by atoms with Gasteiger partial charge in [-0.05, 0) is 60.9 Å². The molecule has 2 aromatic carbocycles. The molecule has 4 aromatic rings. The van der Waals surface area contributed by atoms with E-state index in [4.69, 9.17) is 14.5 Å². The normalized spacial score (nSPS) is 16.4. The number of benzene rings is 2. The van der Waals surface area contributed by atoms with Crippen LogP contribution in [0.25, 0.3) is 22.4 Å². The molecule has 1 aliphatic carbocycles. The number of carbonyl (C=O) groups excluding carboxylic acids is 2. The molecule has 1 N–H and O–H groups in total. The summed E-state index contributed by atoms with van der Waals surface area (Å²) in [5.74, 6) is 0.196. The summed E-state index contributed by atoms with van der Waals surface area (Å²) in [5.41, 5.74) is 5.15. The Bertz CT molecular complexity index is 1630. The molecule has 220 valence electrons. The summed E-state index contributed by atoms with van der Waals surface area (Å²) < 4.78 is 11.6. The Balaban J connectivity index is 1.36. The van der Waals surface area contributed by atoms with Gasteiger partial charge in [0.1, 0.15) is 11.8 Å². The topological polar surface area (TPSA) is 93.6 Å². The minimum absolute atomic E-state index is 0.115. The Morgan fingerprint density at radius 2 is 1.77 bits per heavy atom. The van der Waals surface area contributed by atoms with E-state index in [9.17, 15) is 9.59 Å². The highest BCUT2D eigenvalue weighted by Crippen LogP contribution is 2.45. The maximum atomic E-state index is 13.0. The SMILES string of the molecule is CC(OC(=O)NC1(c2ccc(-c3nc4c(cc3-c3ccccc3)N(c3cccnc3)C(=O)CO4)cc2)CCC1)C(C)(C)C. The highest BCUT2D eigenvalue weighted by Gasteiger charge is 2.41. The molecule has 8 heteroatoms. The minimum atomic E-state index is -0.452. The third kappa shape index (κ3) is 5.57. The van der Waals surface area contributed by atoms with Gasteiger partial charge in [-0.2, -0.15) is 0 Å². The number of nitrogens with one attached hydrogen (secondary N) is 1. The Labute approximate surface area is 252 Å². The molecule has 43 heavy (non-hydrogen) atoms. The van der Waals surface area contributed by atoms with Crippen LogP contribution in [0.3, 0.4) is 0 Å². The van der Waals surface area contributed by atoms with Crippen molar-refractivity contribution in [3.63, 3.8) is 0 Å². The van der Waals surface area contributed by atoms with Crippen molar-refractivity contribution in [2.24, 2.45) is 5.41 Å². The van der Waals surface area contributed by atoms with Gasteiger partial charge in [0.25, 0.3) is 5.91 Å². The second-order valence-electron chi connectivity index (χ2n) is 12.4. The monoisotopic (exact) mass is 576 g/mol. The van der Waals surface area contributed by atoms with Crippen molar-refractivity contribution >= 4 is 23.4 Å². The Hall–Kier alpha value is -4.72. The second kappa shape index (κ2) is 11.2. The number of amides is 2. The third-order valence-corrected chi connectivity index (χ3v) is 8.54.